The van der Waals surface area contributed by atoms with E-state index in [-0.39, 0.29) is 29.5 Å². The van der Waals surface area contributed by atoms with E-state index < -0.39 is 47.1 Å². The van der Waals surface area contributed by atoms with E-state index in [9.17, 15) is 44.3 Å². The van der Waals surface area contributed by atoms with Gasteiger partial charge in [0.25, 0.3) is 0 Å². The molecule has 2 fully saturated rings. The molecule has 2 aromatic rings. The van der Waals surface area contributed by atoms with Crippen LogP contribution in [-0.4, -0.2) is 53.7 Å². The summed E-state index contributed by atoms with van der Waals surface area (Å²) in [5, 5.41) is 9.09. The number of fused-ring (bicyclic) bond motifs is 1. The van der Waals surface area contributed by atoms with Crippen LogP contribution in [-0.2, 0) is 21.9 Å². The monoisotopic (exact) mass is 599 g/mol. The number of halogens is 9. The van der Waals surface area contributed by atoms with Crippen molar-refractivity contribution in [2.24, 2.45) is 11.3 Å². The highest BCUT2D eigenvalue weighted by Gasteiger charge is 2.71. The summed E-state index contributed by atoms with van der Waals surface area (Å²) in [6, 6.07) is 9.61. The van der Waals surface area contributed by atoms with Crippen LogP contribution in [0.1, 0.15) is 47.7 Å². The van der Waals surface area contributed by atoms with E-state index in [4.69, 9.17) is 9.90 Å². The van der Waals surface area contributed by atoms with Gasteiger partial charge in [-0.3, -0.25) is 10.2 Å². The van der Waals surface area contributed by atoms with Crippen LogP contribution in [0.5, 0.6) is 0 Å². The quantitative estimate of drug-likeness (QED) is 0.408. The molecule has 6 nitrogen and oxygen atoms in total. The maximum absolute atomic E-state index is 13.8. The number of nitrogens with zero attached hydrogens (tertiary/aromatic N) is 2. The highest BCUT2D eigenvalue weighted by atomic mass is 19.4. The summed E-state index contributed by atoms with van der Waals surface area (Å²) in [5.74, 6) is -3.00. The van der Waals surface area contributed by atoms with Crippen LogP contribution in [0.3, 0.4) is 0 Å². The zero-order valence-electron chi connectivity index (χ0n) is 21.8. The second-order valence-corrected chi connectivity index (χ2v) is 9.86. The molecule has 0 radical (unpaired) electrons. The number of hydrogen-bond donors (Lipinski definition) is 2. The predicted octanol–water partition coefficient (Wildman–Crippen LogP) is 6.07. The van der Waals surface area contributed by atoms with Gasteiger partial charge in [0.1, 0.15) is 0 Å². The first-order chi connectivity index (χ1) is 18.7. The lowest BCUT2D eigenvalue weighted by Crippen LogP contribution is -2.44. The summed E-state index contributed by atoms with van der Waals surface area (Å²) in [4.78, 5) is 23.9. The van der Waals surface area contributed by atoms with Crippen molar-refractivity contribution >= 4 is 11.9 Å². The van der Waals surface area contributed by atoms with Gasteiger partial charge in [-0.25, -0.2) is 9.80 Å². The molecule has 4 rings (SSSR count). The third kappa shape index (κ3) is 6.61. The van der Waals surface area contributed by atoms with Crippen molar-refractivity contribution in [3.05, 3.63) is 70.8 Å². The number of rotatable bonds is 5. The van der Waals surface area contributed by atoms with Crippen molar-refractivity contribution < 1.29 is 54.2 Å². The number of carboxylic acids is 1. The largest absolute Gasteiger partial charge is 0.490 e. The van der Waals surface area contributed by atoms with Crippen LogP contribution in [0.2, 0.25) is 0 Å². The maximum atomic E-state index is 13.8. The lowest BCUT2D eigenvalue weighted by Gasteiger charge is -2.35. The molecule has 1 amide bonds. The molecule has 41 heavy (non-hydrogen) atoms. The molecule has 2 aliphatic rings. The first kappa shape index (κ1) is 32.2. The first-order valence-corrected chi connectivity index (χ1v) is 12.1. The third-order valence-electron chi connectivity index (χ3n) is 7.41. The van der Waals surface area contributed by atoms with Gasteiger partial charge in [0, 0.05) is 13.6 Å². The minimum absolute atomic E-state index is 0.0413. The fraction of sp³-hybridized carbons (Fsp3) is 0.462. The maximum Gasteiger partial charge on any atom is 0.490 e. The lowest BCUT2D eigenvalue weighted by molar-refractivity contribution is -0.192. The summed E-state index contributed by atoms with van der Waals surface area (Å²) in [6.45, 7) is 2.07. The Morgan fingerprint density at radius 1 is 0.976 bits per heavy atom. The van der Waals surface area contributed by atoms with E-state index in [1.807, 2.05) is 35.3 Å². The molecule has 1 aliphatic heterocycles. The van der Waals surface area contributed by atoms with Gasteiger partial charge >= 0.3 is 24.5 Å². The van der Waals surface area contributed by atoms with E-state index >= 15 is 0 Å². The molecular formula is C26H26F9N3O3. The molecule has 0 unspecified atom stereocenters. The molecule has 1 saturated carbocycles. The summed E-state index contributed by atoms with van der Waals surface area (Å²) in [7, 11) is 3.20. The molecule has 1 heterocycles. The fourth-order valence-electron chi connectivity index (χ4n) is 5.19. The number of carboxylic acid groups (broad SMARTS) is 1. The number of alkyl halides is 9. The Labute approximate surface area is 228 Å². The fourth-order valence-corrected chi connectivity index (χ4v) is 5.19. The third-order valence-corrected chi connectivity index (χ3v) is 7.41. The van der Waals surface area contributed by atoms with Gasteiger partial charge in [0.15, 0.2) is 0 Å². The number of nitrogens with one attached hydrogen (secondary N) is 1. The number of hydrogen-bond acceptors (Lipinski definition) is 4. The van der Waals surface area contributed by atoms with Crippen LogP contribution in [0.15, 0.2) is 48.5 Å². The predicted molar refractivity (Wildman–Crippen MR) is 127 cm³/mol. The summed E-state index contributed by atoms with van der Waals surface area (Å²) < 4.78 is 112. The number of aliphatic carboxylic acids is 1. The molecule has 2 aromatic carbocycles. The Hall–Kier alpha value is -3.33. The van der Waals surface area contributed by atoms with Gasteiger partial charge in [-0.05, 0) is 55.6 Å². The van der Waals surface area contributed by atoms with Crippen molar-refractivity contribution in [3.8, 4) is 0 Å². The highest BCUT2D eigenvalue weighted by Crippen LogP contribution is 2.67. The number of hydrazine groups is 1. The summed E-state index contributed by atoms with van der Waals surface area (Å²) in [5.41, 5.74) is 0.245. The van der Waals surface area contributed by atoms with Crippen molar-refractivity contribution in [2.45, 2.75) is 44.0 Å². The van der Waals surface area contributed by atoms with Crippen LogP contribution in [0, 0.1) is 11.3 Å². The second kappa shape index (κ2) is 11.2. The van der Waals surface area contributed by atoms with Crippen LogP contribution >= 0.6 is 0 Å². The molecule has 226 valence electrons. The smallest absolute Gasteiger partial charge is 0.475 e. The number of benzene rings is 2. The van der Waals surface area contributed by atoms with Gasteiger partial charge in [0.2, 0.25) is 5.91 Å². The number of amides is 1. The second-order valence-electron chi connectivity index (χ2n) is 9.86. The van der Waals surface area contributed by atoms with E-state index in [0.717, 1.165) is 5.56 Å². The van der Waals surface area contributed by atoms with E-state index in [1.54, 1.807) is 7.05 Å². The Morgan fingerprint density at radius 2 is 1.46 bits per heavy atom. The number of piperidine rings is 1. The normalized spacial score (nSPS) is 23.2. The van der Waals surface area contributed by atoms with Gasteiger partial charge < -0.3 is 10.0 Å². The minimum atomic E-state index is -5.08. The Kier molecular flexibility index (Phi) is 8.76. The topological polar surface area (TPSA) is 72.9 Å². The number of carbonyl (C=O) groups excluding carboxylic acids is 1. The standard InChI is InChI=1S/C24H25F6N3O.C2HF3O2/c1-14(16-9-17(23(25,26)27)11-18(10-16)24(28,29)30)32(3)21(34)22-12-19(22)13-33(31-2)20(22)15-7-5-4-6-8-15;3-2(4,5)1(6)7/h4-11,14,19-20,31H,12-13H2,1-3H3;(H,6,7)/t14-,19-,20+,22-;/m0./s1. The molecule has 0 spiro atoms. The zero-order valence-corrected chi connectivity index (χ0v) is 21.8. The van der Waals surface area contributed by atoms with E-state index in [0.29, 0.717) is 25.1 Å². The van der Waals surface area contributed by atoms with Crippen LogP contribution in [0.25, 0.3) is 0 Å². The van der Waals surface area contributed by atoms with Crippen molar-refractivity contribution in [2.75, 3.05) is 20.6 Å². The van der Waals surface area contributed by atoms with Gasteiger partial charge in [-0.15, -0.1) is 0 Å². The minimum Gasteiger partial charge on any atom is -0.475 e. The van der Waals surface area contributed by atoms with Crippen LogP contribution in [0.4, 0.5) is 39.5 Å². The molecule has 0 aromatic heterocycles. The lowest BCUT2D eigenvalue weighted by atomic mass is 9.88. The van der Waals surface area contributed by atoms with E-state index in [1.165, 1.54) is 18.9 Å². The molecule has 0 bridgehead atoms. The first-order valence-electron chi connectivity index (χ1n) is 12.1. The summed E-state index contributed by atoms with van der Waals surface area (Å²) in [6.07, 6.45) is -14.4. The summed E-state index contributed by atoms with van der Waals surface area (Å²) >= 11 is 0. The Morgan fingerprint density at radius 3 is 1.88 bits per heavy atom. The van der Waals surface area contributed by atoms with Gasteiger partial charge in [0.05, 0.1) is 28.6 Å². The molecule has 15 heteroatoms. The zero-order chi connectivity index (χ0) is 31.1. The molecule has 4 atom stereocenters. The number of carbonyl (C=O) groups is 2. The SMILES string of the molecule is CNN1C[C@@H]2C[C@@]2(C(=O)N(C)[C@@H](C)c2cc(C(F)(F)F)cc(C(F)(F)F)c2)[C@H]1c1ccccc1.O=C(O)C(F)(F)F. The molecular weight excluding hydrogens is 573 g/mol. The van der Waals surface area contributed by atoms with Gasteiger partial charge in [-0.1, -0.05) is 30.3 Å². The Bertz CT molecular complexity index is 1230. The Balaban J connectivity index is 0.000000587. The van der Waals surface area contributed by atoms with Crippen molar-refractivity contribution in [1.82, 2.24) is 15.3 Å². The van der Waals surface area contributed by atoms with E-state index in [2.05, 4.69) is 5.43 Å². The molecule has 1 saturated heterocycles. The average Bonchev–Trinajstić information content (AvgIpc) is 3.51. The molecule has 1 aliphatic carbocycles. The highest BCUT2D eigenvalue weighted by molar-refractivity contribution is 5.88. The van der Waals surface area contributed by atoms with Crippen LogP contribution < -0.4 is 5.43 Å². The molecule has 2 N–H and O–H groups in total. The van der Waals surface area contributed by atoms with Crippen molar-refractivity contribution in [3.63, 3.8) is 0 Å². The average molecular weight is 599 g/mol. The van der Waals surface area contributed by atoms with Gasteiger partial charge in [-0.2, -0.15) is 39.5 Å². The van der Waals surface area contributed by atoms with Crippen molar-refractivity contribution in [1.29, 1.82) is 0 Å².